The molecule has 2 nitrogen and oxygen atoms in total. The minimum atomic E-state index is -2.52. The maximum Gasteiger partial charge on any atom is 0.314 e. The van der Waals surface area contributed by atoms with Gasteiger partial charge in [-0.2, -0.15) is 18.6 Å². The highest BCUT2D eigenvalue weighted by Crippen LogP contribution is 2.32. The summed E-state index contributed by atoms with van der Waals surface area (Å²) in [7, 11) is 0. The Morgan fingerprint density at radius 3 is 1.44 bits per heavy atom. The quantitative estimate of drug-likeness (QED) is 0.334. The first-order chi connectivity index (χ1) is 7.33. The first-order valence-corrected chi connectivity index (χ1v) is 6.21. The summed E-state index contributed by atoms with van der Waals surface area (Å²) in [5, 5.41) is -5.04. The highest BCUT2D eigenvalue weighted by molar-refractivity contribution is 6.22. The number of unbranched alkanes of at least 4 members (excludes halogenated alkanes) is 2. The van der Waals surface area contributed by atoms with E-state index in [9.17, 15) is 8.78 Å². The van der Waals surface area contributed by atoms with E-state index >= 15 is 0 Å². The van der Waals surface area contributed by atoms with E-state index in [2.05, 4.69) is 9.78 Å². The van der Waals surface area contributed by atoms with Crippen molar-refractivity contribution in [2.24, 2.45) is 0 Å². The van der Waals surface area contributed by atoms with E-state index in [1.807, 2.05) is 13.8 Å². The predicted molar refractivity (Wildman–Crippen MR) is 60.6 cm³/mol. The van der Waals surface area contributed by atoms with Crippen LogP contribution in [0.25, 0.3) is 0 Å². The summed E-state index contributed by atoms with van der Waals surface area (Å²) in [5.41, 5.74) is 0. The van der Waals surface area contributed by atoms with Crippen LogP contribution >= 0.6 is 23.2 Å². The summed E-state index contributed by atoms with van der Waals surface area (Å²) in [6.07, 6.45) is 2.37. The molecule has 2 unspecified atom stereocenters. The van der Waals surface area contributed by atoms with Gasteiger partial charge in [0.2, 0.25) is 0 Å². The van der Waals surface area contributed by atoms with Crippen molar-refractivity contribution in [1.29, 1.82) is 0 Å². The fourth-order valence-corrected chi connectivity index (χ4v) is 1.30. The van der Waals surface area contributed by atoms with E-state index in [0.717, 1.165) is 12.8 Å². The molecule has 16 heavy (non-hydrogen) atoms. The summed E-state index contributed by atoms with van der Waals surface area (Å²) in [6, 6.07) is 0. The molecule has 0 aliphatic heterocycles. The first kappa shape index (κ1) is 16.4. The van der Waals surface area contributed by atoms with Crippen molar-refractivity contribution in [3.8, 4) is 0 Å². The molecular weight excluding hydrogens is 261 g/mol. The van der Waals surface area contributed by atoms with Crippen molar-refractivity contribution >= 4 is 23.2 Å². The van der Waals surface area contributed by atoms with Crippen LogP contribution in [0.3, 0.4) is 0 Å². The van der Waals surface area contributed by atoms with Crippen LogP contribution in [0.15, 0.2) is 0 Å². The van der Waals surface area contributed by atoms with Crippen LogP contribution in [-0.2, 0) is 9.78 Å². The van der Waals surface area contributed by atoms with Crippen molar-refractivity contribution in [3.63, 3.8) is 0 Å². The van der Waals surface area contributed by atoms with E-state index in [-0.39, 0.29) is 12.8 Å². The second-order valence-electron chi connectivity index (χ2n) is 3.65. The molecule has 0 aromatic heterocycles. The minimum absolute atomic E-state index is 0.0776. The SMILES string of the molecule is CCCCC(F)(Cl)OOC(F)(Cl)CCCC. The molecule has 0 aliphatic rings. The normalized spacial score (nSPS) is 19.1. The molecule has 0 amide bonds. The summed E-state index contributed by atoms with van der Waals surface area (Å²) in [5.74, 6) is 0. The van der Waals surface area contributed by atoms with Crippen molar-refractivity contribution < 1.29 is 18.6 Å². The minimum Gasteiger partial charge on any atom is -0.191 e. The second-order valence-corrected chi connectivity index (χ2v) is 4.78. The smallest absolute Gasteiger partial charge is 0.191 e. The molecule has 0 saturated carbocycles. The lowest BCUT2D eigenvalue weighted by Crippen LogP contribution is -2.27. The molecule has 98 valence electrons. The van der Waals surface area contributed by atoms with Crippen molar-refractivity contribution in [2.45, 2.75) is 63.0 Å². The second kappa shape index (κ2) is 7.64. The number of hydrogen-bond donors (Lipinski definition) is 0. The molecular formula is C10H18Cl2F2O2. The van der Waals surface area contributed by atoms with Gasteiger partial charge in [0.1, 0.15) is 0 Å². The van der Waals surface area contributed by atoms with E-state index in [1.54, 1.807) is 0 Å². The molecule has 0 radical (unpaired) electrons. The van der Waals surface area contributed by atoms with Gasteiger partial charge in [-0.1, -0.05) is 26.7 Å². The zero-order valence-corrected chi connectivity index (χ0v) is 11.1. The highest BCUT2D eigenvalue weighted by Gasteiger charge is 2.35. The van der Waals surface area contributed by atoms with Gasteiger partial charge in [-0.15, -0.1) is 0 Å². The zero-order valence-electron chi connectivity index (χ0n) is 9.57. The Morgan fingerprint density at radius 1 is 0.875 bits per heavy atom. The molecule has 0 heterocycles. The van der Waals surface area contributed by atoms with Crippen LogP contribution in [0.4, 0.5) is 8.78 Å². The van der Waals surface area contributed by atoms with Crippen LogP contribution in [0.5, 0.6) is 0 Å². The molecule has 0 aliphatic carbocycles. The lowest BCUT2D eigenvalue weighted by Gasteiger charge is -2.22. The van der Waals surface area contributed by atoms with E-state index in [0.29, 0.717) is 12.8 Å². The van der Waals surface area contributed by atoms with E-state index in [1.165, 1.54) is 0 Å². The van der Waals surface area contributed by atoms with Gasteiger partial charge in [-0.25, -0.2) is 0 Å². The first-order valence-electron chi connectivity index (χ1n) is 5.45. The van der Waals surface area contributed by atoms with Gasteiger partial charge in [-0.05, 0) is 36.0 Å². The Balaban J connectivity index is 3.91. The number of hydrogen-bond acceptors (Lipinski definition) is 2. The topological polar surface area (TPSA) is 18.5 Å². The Bertz CT molecular complexity index is 170. The van der Waals surface area contributed by atoms with E-state index in [4.69, 9.17) is 23.2 Å². The zero-order chi connectivity index (χ0) is 12.7. The Morgan fingerprint density at radius 2 is 1.19 bits per heavy atom. The number of alkyl halides is 4. The Hall–Kier alpha value is 0.360. The third-order valence-electron chi connectivity index (χ3n) is 1.93. The van der Waals surface area contributed by atoms with Gasteiger partial charge in [0.25, 0.3) is 0 Å². The maximum absolute atomic E-state index is 13.3. The van der Waals surface area contributed by atoms with Crippen molar-refractivity contribution in [1.82, 2.24) is 0 Å². The monoisotopic (exact) mass is 278 g/mol. The van der Waals surface area contributed by atoms with Crippen LogP contribution < -0.4 is 0 Å². The van der Waals surface area contributed by atoms with Gasteiger partial charge >= 0.3 is 10.6 Å². The molecule has 0 fully saturated rings. The van der Waals surface area contributed by atoms with Crippen LogP contribution in [-0.4, -0.2) is 10.6 Å². The Kier molecular flexibility index (Phi) is 7.81. The van der Waals surface area contributed by atoms with Crippen molar-refractivity contribution in [3.05, 3.63) is 0 Å². The molecule has 0 rings (SSSR count). The third-order valence-corrected chi connectivity index (χ3v) is 2.43. The average molecular weight is 279 g/mol. The summed E-state index contributed by atoms with van der Waals surface area (Å²) >= 11 is 10.6. The molecule has 0 aromatic carbocycles. The molecule has 6 heteroatoms. The number of halogens is 4. The summed E-state index contributed by atoms with van der Waals surface area (Å²) in [6.45, 7) is 3.74. The lowest BCUT2D eigenvalue weighted by atomic mass is 10.2. The summed E-state index contributed by atoms with van der Waals surface area (Å²) < 4.78 is 26.6. The molecule has 0 bridgehead atoms. The van der Waals surface area contributed by atoms with Gasteiger partial charge in [0.05, 0.1) is 0 Å². The molecule has 2 atom stereocenters. The Labute approximate surface area is 105 Å². The molecule has 0 N–H and O–H groups in total. The maximum atomic E-state index is 13.3. The molecule has 0 saturated heterocycles. The fourth-order valence-electron chi connectivity index (χ4n) is 0.970. The van der Waals surface area contributed by atoms with Gasteiger partial charge in [0.15, 0.2) is 0 Å². The largest absolute Gasteiger partial charge is 0.314 e. The summed E-state index contributed by atoms with van der Waals surface area (Å²) in [4.78, 5) is 8.37. The fraction of sp³-hybridized carbons (Fsp3) is 1.00. The van der Waals surface area contributed by atoms with Crippen LogP contribution in [0.1, 0.15) is 52.4 Å². The molecule has 0 aromatic rings. The van der Waals surface area contributed by atoms with E-state index < -0.39 is 10.6 Å². The average Bonchev–Trinajstić information content (AvgIpc) is 2.22. The van der Waals surface area contributed by atoms with Crippen molar-refractivity contribution in [2.75, 3.05) is 0 Å². The standard InChI is InChI=1S/C10H18Cl2F2O2/c1-3-5-7-9(11,13)15-16-10(12,14)8-6-4-2/h3-8H2,1-2H3. The highest BCUT2D eigenvalue weighted by atomic mass is 35.5. The van der Waals surface area contributed by atoms with Gasteiger partial charge in [-0.3, -0.25) is 0 Å². The predicted octanol–water partition coefficient (Wildman–Crippen LogP) is 5.04. The number of rotatable bonds is 9. The van der Waals surface area contributed by atoms with Gasteiger partial charge < -0.3 is 0 Å². The molecule has 0 spiro atoms. The lowest BCUT2D eigenvalue weighted by molar-refractivity contribution is -0.426. The third kappa shape index (κ3) is 8.50. The van der Waals surface area contributed by atoms with Gasteiger partial charge in [0, 0.05) is 12.8 Å². The van der Waals surface area contributed by atoms with Crippen LogP contribution in [0.2, 0.25) is 0 Å². The van der Waals surface area contributed by atoms with Crippen LogP contribution in [0, 0.1) is 0 Å².